The summed E-state index contributed by atoms with van der Waals surface area (Å²) in [6.07, 6.45) is 0.301. The second-order valence-corrected chi connectivity index (χ2v) is 3.05. The van der Waals surface area contributed by atoms with Crippen LogP contribution in [0.4, 0.5) is 0 Å². The molecule has 0 bridgehead atoms. The summed E-state index contributed by atoms with van der Waals surface area (Å²) in [6, 6.07) is 7.56. The Balaban J connectivity index is 2.78. The van der Waals surface area contributed by atoms with Crippen molar-refractivity contribution < 1.29 is 5.11 Å². The van der Waals surface area contributed by atoms with Gasteiger partial charge in [0.25, 0.3) is 0 Å². The Kier molecular flexibility index (Phi) is 2.92. The summed E-state index contributed by atoms with van der Waals surface area (Å²) >= 11 is 5.86. The largest absolute Gasteiger partial charge is 0.393 e. The van der Waals surface area contributed by atoms with Gasteiger partial charge in [-0.3, -0.25) is 0 Å². The normalized spacial score (nSPS) is 13.0. The number of aliphatic hydroxyl groups excluding tert-OH is 1. The van der Waals surface area contributed by atoms with Crippen molar-refractivity contribution in [1.82, 2.24) is 0 Å². The van der Waals surface area contributed by atoms with Crippen LogP contribution in [0.15, 0.2) is 24.3 Å². The van der Waals surface area contributed by atoms with Gasteiger partial charge < -0.3 is 5.11 Å². The average molecular weight is 171 g/mol. The lowest BCUT2D eigenvalue weighted by Crippen LogP contribution is -2.04. The molecule has 0 aromatic heterocycles. The fraction of sp³-hybridized carbons (Fsp3) is 0.333. The molecule has 0 saturated heterocycles. The molecule has 1 rings (SSSR count). The number of aliphatic hydroxyl groups is 1. The third-order valence-electron chi connectivity index (χ3n) is 1.47. The van der Waals surface area contributed by atoms with Crippen molar-refractivity contribution in [2.45, 2.75) is 19.4 Å². The van der Waals surface area contributed by atoms with Crippen molar-refractivity contribution in [2.75, 3.05) is 0 Å². The Morgan fingerprint density at radius 1 is 1.45 bits per heavy atom. The van der Waals surface area contributed by atoms with Crippen LogP contribution in [0, 0.1) is 0 Å². The van der Waals surface area contributed by atoms with E-state index in [9.17, 15) is 0 Å². The molecular weight excluding hydrogens is 160 g/mol. The highest BCUT2D eigenvalue weighted by atomic mass is 35.5. The third-order valence-corrected chi connectivity index (χ3v) is 1.84. The zero-order chi connectivity index (χ0) is 8.27. The molecule has 1 aromatic rings. The Hall–Kier alpha value is -0.530. The summed E-state index contributed by atoms with van der Waals surface area (Å²) in [6.45, 7) is 1.75. The molecule has 0 aliphatic rings. The predicted molar refractivity (Wildman–Crippen MR) is 46.8 cm³/mol. The maximum absolute atomic E-state index is 9.07. The lowest BCUT2D eigenvalue weighted by molar-refractivity contribution is 0.195. The summed E-state index contributed by atoms with van der Waals surface area (Å²) in [4.78, 5) is 0. The highest BCUT2D eigenvalue weighted by molar-refractivity contribution is 6.31. The van der Waals surface area contributed by atoms with Crippen LogP contribution in [0.3, 0.4) is 0 Å². The van der Waals surface area contributed by atoms with Crippen LogP contribution < -0.4 is 0 Å². The van der Waals surface area contributed by atoms with Crippen molar-refractivity contribution in [1.29, 1.82) is 0 Å². The van der Waals surface area contributed by atoms with Gasteiger partial charge in [-0.1, -0.05) is 29.8 Å². The predicted octanol–water partition coefficient (Wildman–Crippen LogP) is 2.26. The van der Waals surface area contributed by atoms with E-state index in [1.54, 1.807) is 6.92 Å². The van der Waals surface area contributed by atoms with E-state index in [4.69, 9.17) is 16.7 Å². The maximum atomic E-state index is 9.07. The maximum Gasteiger partial charge on any atom is 0.0552 e. The molecule has 1 atom stereocenters. The molecule has 1 nitrogen and oxygen atoms in total. The Morgan fingerprint density at radius 2 is 2.09 bits per heavy atom. The minimum Gasteiger partial charge on any atom is -0.393 e. The fourth-order valence-corrected chi connectivity index (χ4v) is 1.20. The van der Waals surface area contributed by atoms with E-state index in [-0.39, 0.29) is 6.10 Å². The molecule has 0 heterocycles. The first-order chi connectivity index (χ1) is 5.20. The van der Waals surface area contributed by atoms with Gasteiger partial charge >= 0.3 is 0 Å². The number of hydrogen-bond donors (Lipinski definition) is 1. The van der Waals surface area contributed by atoms with E-state index in [1.807, 2.05) is 24.3 Å². The molecule has 0 fully saturated rings. The zero-order valence-corrected chi connectivity index (χ0v) is 7.17. The third kappa shape index (κ3) is 2.52. The van der Waals surface area contributed by atoms with E-state index in [2.05, 4.69) is 0 Å². The molecule has 1 aromatic carbocycles. The van der Waals surface area contributed by atoms with Crippen LogP contribution in [0.25, 0.3) is 0 Å². The van der Waals surface area contributed by atoms with Gasteiger partial charge in [0.2, 0.25) is 0 Å². The van der Waals surface area contributed by atoms with Gasteiger partial charge in [-0.15, -0.1) is 0 Å². The highest BCUT2D eigenvalue weighted by Gasteiger charge is 2.01. The highest BCUT2D eigenvalue weighted by Crippen LogP contribution is 2.16. The molecule has 0 amide bonds. The standard InChI is InChI=1S/C9H11ClO/c1-7(11)6-8-4-2-3-5-9(8)10/h2-5,7,11H,6H2,1H3/t7-/m1/s1. The van der Waals surface area contributed by atoms with Gasteiger partial charge in [-0.05, 0) is 25.0 Å². The lowest BCUT2D eigenvalue weighted by Gasteiger charge is -2.05. The van der Waals surface area contributed by atoms with Gasteiger partial charge in [0.05, 0.1) is 6.10 Å². The second-order valence-electron chi connectivity index (χ2n) is 2.64. The van der Waals surface area contributed by atoms with E-state index in [0.717, 1.165) is 10.6 Å². The molecule has 60 valence electrons. The molecule has 2 heteroatoms. The Labute approximate surface area is 71.6 Å². The zero-order valence-electron chi connectivity index (χ0n) is 6.42. The summed E-state index contributed by atoms with van der Waals surface area (Å²) in [7, 11) is 0. The van der Waals surface area contributed by atoms with Gasteiger partial charge in [0.15, 0.2) is 0 Å². The first-order valence-electron chi connectivity index (χ1n) is 3.61. The smallest absolute Gasteiger partial charge is 0.0552 e. The Bertz CT molecular complexity index is 233. The van der Waals surface area contributed by atoms with Gasteiger partial charge in [0.1, 0.15) is 0 Å². The summed E-state index contributed by atoms with van der Waals surface area (Å²) in [5.41, 5.74) is 1.00. The lowest BCUT2D eigenvalue weighted by atomic mass is 10.1. The van der Waals surface area contributed by atoms with Crippen molar-refractivity contribution in [2.24, 2.45) is 0 Å². The number of hydrogen-bond acceptors (Lipinski definition) is 1. The van der Waals surface area contributed by atoms with Crippen molar-refractivity contribution in [3.63, 3.8) is 0 Å². The number of benzene rings is 1. The van der Waals surface area contributed by atoms with Crippen LogP contribution in [0.5, 0.6) is 0 Å². The molecule has 0 unspecified atom stereocenters. The molecule has 1 N–H and O–H groups in total. The minimum absolute atomic E-state index is 0.324. The summed E-state index contributed by atoms with van der Waals surface area (Å²) < 4.78 is 0. The fourth-order valence-electron chi connectivity index (χ4n) is 0.982. The van der Waals surface area contributed by atoms with Crippen LogP contribution >= 0.6 is 11.6 Å². The van der Waals surface area contributed by atoms with Crippen LogP contribution in [-0.4, -0.2) is 11.2 Å². The van der Waals surface area contributed by atoms with E-state index >= 15 is 0 Å². The van der Waals surface area contributed by atoms with E-state index in [0.29, 0.717) is 6.42 Å². The van der Waals surface area contributed by atoms with E-state index < -0.39 is 0 Å². The number of halogens is 1. The first kappa shape index (κ1) is 8.57. The quantitative estimate of drug-likeness (QED) is 0.722. The molecular formula is C9H11ClO. The van der Waals surface area contributed by atoms with Crippen LogP contribution in [-0.2, 0) is 6.42 Å². The van der Waals surface area contributed by atoms with Crippen molar-refractivity contribution in [3.8, 4) is 0 Å². The monoisotopic (exact) mass is 170 g/mol. The van der Waals surface area contributed by atoms with Gasteiger partial charge in [-0.2, -0.15) is 0 Å². The van der Waals surface area contributed by atoms with Gasteiger partial charge in [-0.25, -0.2) is 0 Å². The van der Waals surface area contributed by atoms with Crippen molar-refractivity contribution in [3.05, 3.63) is 34.9 Å². The average Bonchev–Trinajstić information content (AvgIpc) is 1.93. The SMILES string of the molecule is C[C@@H](O)Cc1ccccc1Cl. The van der Waals surface area contributed by atoms with Crippen LogP contribution in [0.1, 0.15) is 12.5 Å². The molecule has 0 saturated carbocycles. The summed E-state index contributed by atoms with van der Waals surface area (Å²) in [5.74, 6) is 0. The molecule has 0 aliphatic carbocycles. The molecule has 0 radical (unpaired) electrons. The van der Waals surface area contributed by atoms with Crippen molar-refractivity contribution >= 4 is 11.6 Å². The molecule has 0 spiro atoms. The molecule has 11 heavy (non-hydrogen) atoms. The summed E-state index contributed by atoms with van der Waals surface area (Å²) in [5, 5.41) is 9.80. The number of rotatable bonds is 2. The van der Waals surface area contributed by atoms with Crippen LogP contribution in [0.2, 0.25) is 5.02 Å². The Morgan fingerprint density at radius 3 is 2.64 bits per heavy atom. The van der Waals surface area contributed by atoms with Gasteiger partial charge in [0, 0.05) is 5.02 Å². The molecule has 0 aliphatic heterocycles. The minimum atomic E-state index is -0.324. The topological polar surface area (TPSA) is 20.2 Å². The first-order valence-corrected chi connectivity index (χ1v) is 3.99. The van der Waals surface area contributed by atoms with E-state index in [1.165, 1.54) is 0 Å². The second kappa shape index (κ2) is 3.74.